The molecule has 0 amide bonds. The fourth-order valence-electron chi connectivity index (χ4n) is 1.51. The summed E-state index contributed by atoms with van der Waals surface area (Å²) in [5, 5.41) is 0.0809. The number of hydrogen-bond donors (Lipinski definition) is 0. The first kappa shape index (κ1) is 14.1. The molecule has 1 heterocycles. The van der Waals surface area contributed by atoms with Crippen LogP contribution in [0.15, 0.2) is 24.3 Å². The van der Waals surface area contributed by atoms with Crippen molar-refractivity contribution in [3.05, 3.63) is 45.8 Å². The summed E-state index contributed by atoms with van der Waals surface area (Å²) >= 11 is 11.4. The van der Waals surface area contributed by atoms with Crippen LogP contribution in [0.1, 0.15) is 11.3 Å². The van der Waals surface area contributed by atoms with Crippen molar-refractivity contribution < 1.29 is 13.2 Å². The number of hydrogen-bond acceptors (Lipinski definition) is 2. The SMILES string of the molecule is Cc1cc(-c2cc(C(F)(F)F)nc(Cl)n2)ccc1Cl. The molecule has 0 atom stereocenters. The Kier molecular flexibility index (Phi) is 3.69. The first-order valence-electron chi connectivity index (χ1n) is 5.15. The lowest BCUT2D eigenvalue weighted by atomic mass is 10.1. The fourth-order valence-corrected chi connectivity index (χ4v) is 1.81. The topological polar surface area (TPSA) is 25.8 Å². The molecule has 0 saturated heterocycles. The number of alkyl halides is 3. The second-order valence-corrected chi connectivity index (χ2v) is 4.61. The number of aryl methyl sites for hydroxylation is 1. The molecule has 0 saturated carbocycles. The monoisotopic (exact) mass is 306 g/mol. The van der Waals surface area contributed by atoms with E-state index < -0.39 is 17.2 Å². The van der Waals surface area contributed by atoms with Crippen molar-refractivity contribution >= 4 is 23.2 Å². The molecule has 0 spiro atoms. The van der Waals surface area contributed by atoms with Gasteiger partial charge < -0.3 is 0 Å². The molecule has 0 aliphatic carbocycles. The Balaban J connectivity index is 2.56. The Morgan fingerprint density at radius 2 is 1.74 bits per heavy atom. The third-order valence-electron chi connectivity index (χ3n) is 2.44. The Bertz CT molecular complexity index is 627. The molecule has 0 radical (unpaired) electrons. The van der Waals surface area contributed by atoms with Crippen molar-refractivity contribution in [3.63, 3.8) is 0 Å². The molecule has 2 aromatic rings. The molecular formula is C12H7Cl2F3N2. The molecule has 0 aliphatic rings. The van der Waals surface area contributed by atoms with E-state index in [-0.39, 0.29) is 5.69 Å². The number of nitrogens with zero attached hydrogens (tertiary/aromatic N) is 2. The number of benzene rings is 1. The lowest BCUT2D eigenvalue weighted by molar-refractivity contribution is -0.141. The van der Waals surface area contributed by atoms with Gasteiger partial charge >= 0.3 is 6.18 Å². The zero-order valence-electron chi connectivity index (χ0n) is 9.59. The van der Waals surface area contributed by atoms with E-state index >= 15 is 0 Å². The van der Waals surface area contributed by atoms with Crippen molar-refractivity contribution in [2.45, 2.75) is 13.1 Å². The zero-order valence-corrected chi connectivity index (χ0v) is 11.1. The van der Waals surface area contributed by atoms with Gasteiger partial charge in [0.05, 0.1) is 5.69 Å². The molecule has 2 rings (SSSR count). The second kappa shape index (κ2) is 4.98. The maximum atomic E-state index is 12.6. The average molecular weight is 307 g/mol. The van der Waals surface area contributed by atoms with E-state index in [0.29, 0.717) is 10.6 Å². The van der Waals surface area contributed by atoms with Crippen LogP contribution in [0.5, 0.6) is 0 Å². The van der Waals surface area contributed by atoms with Crippen molar-refractivity contribution in [1.82, 2.24) is 9.97 Å². The average Bonchev–Trinajstić information content (AvgIpc) is 2.31. The summed E-state index contributed by atoms with van der Waals surface area (Å²) in [7, 11) is 0. The van der Waals surface area contributed by atoms with Crippen molar-refractivity contribution in [2.75, 3.05) is 0 Å². The number of aromatic nitrogens is 2. The lowest BCUT2D eigenvalue weighted by Gasteiger charge is -2.09. The van der Waals surface area contributed by atoms with E-state index in [9.17, 15) is 13.2 Å². The minimum absolute atomic E-state index is 0.104. The van der Waals surface area contributed by atoms with Gasteiger partial charge in [0.1, 0.15) is 5.69 Å². The van der Waals surface area contributed by atoms with Crippen LogP contribution in [-0.4, -0.2) is 9.97 Å². The Labute approximate surface area is 117 Å². The minimum atomic E-state index is -4.57. The van der Waals surface area contributed by atoms with Crippen LogP contribution in [0.4, 0.5) is 13.2 Å². The van der Waals surface area contributed by atoms with Gasteiger partial charge in [0.25, 0.3) is 0 Å². The van der Waals surface area contributed by atoms with Crippen LogP contribution < -0.4 is 0 Å². The Morgan fingerprint density at radius 1 is 1.05 bits per heavy atom. The van der Waals surface area contributed by atoms with Crippen molar-refractivity contribution in [3.8, 4) is 11.3 Å². The molecule has 1 aromatic carbocycles. The van der Waals surface area contributed by atoms with Gasteiger partial charge in [-0.2, -0.15) is 13.2 Å². The predicted molar refractivity (Wildman–Crippen MR) is 67.2 cm³/mol. The van der Waals surface area contributed by atoms with Crippen molar-refractivity contribution in [2.24, 2.45) is 0 Å². The summed E-state index contributed by atoms with van der Waals surface area (Å²) in [6.45, 7) is 1.75. The fraction of sp³-hybridized carbons (Fsp3) is 0.167. The highest BCUT2D eigenvalue weighted by atomic mass is 35.5. The molecule has 0 unspecified atom stereocenters. The molecular weight excluding hydrogens is 300 g/mol. The maximum Gasteiger partial charge on any atom is 0.433 e. The normalized spacial score (nSPS) is 11.7. The zero-order chi connectivity index (χ0) is 14.2. The van der Waals surface area contributed by atoms with E-state index in [2.05, 4.69) is 9.97 Å². The van der Waals surface area contributed by atoms with Crippen LogP contribution in [0.25, 0.3) is 11.3 Å². The molecule has 19 heavy (non-hydrogen) atoms. The molecule has 100 valence electrons. The van der Waals surface area contributed by atoms with Crippen molar-refractivity contribution in [1.29, 1.82) is 0 Å². The van der Waals surface area contributed by atoms with E-state index in [1.165, 1.54) is 0 Å². The van der Waals surface area contributed by atoms with Gasteiger partial charge in [-0.3, -0.25) is 0 Å². The second-order valence-electron chi connectivity index (χ2n) is 3.87. The smallest absolute Gasteiger partial charge is 0.218 e. The largest absolute Gasteiger partial charge is 0.433 e. The van der Waals surface area contributed by atoms with E-state index in [0.717, 1.165) is 11.6 Å². The number of halogens is 5. The summed E-state index contributed by atoms with van der Waals surface area (Å²) in [6.07, 6.45) is -4.57. The van der Waals surface area contributed by atoms with Gasteiger partial charge in [-0.05, 0) is 42.3 Å². The summed E-state index contributed by atoms with van der Waals surface area (Å²) in [5.74, 6) is 0. The summed E-state index contributed by atoms with van der Waals surface area (Å²) in [5.41, 5.74) is 0.265. The maximum absolute atomic E-state index is 12.6. The minimum Gasteiger partial charge on any atom is -0.218 e. The highest BCUT2D eigenvalue weighted by Crippen LogP contribution is 2.31. The lowest BCUT2D eigenvalue weighted by Crippen LogP contribution is -2.09. The quantitative estimate of drug-likeness (QED) is 0.709. The molecule has 2 nitrogen and oxygen atoms in total. The standard InChI is InChI=1S/C12H7Cl2F3N2/c1-6-4-7(2-3-8(6)13)9-5-10(12(15,16)17)19-11(14)18-9/h2-5H,1H3. The van der Waals surface area contributed by atoms with Gasteiger partial charge in [-0.1, -0.05) is 17.7 Å². The molecule has 0 aliphatic heterocycles. The number of rotatable bonds is 1. The van der Waals surface area contributed by atoms with Gasteiger partial charge in [-0.15, -0.1) is 0 Å². The highest BCUT2D eigenvalue weighted by molar-refractivity contribution is 6.31. The van der Waals surface area contributed by atoms with E-state index in [4.69, 9.17) is 23.2 Å². The van der Waals surface area contributed by atoms with Crippen LogP contribution in [0, 0.1) is 6.92 Å². The molecule has 0 fully saturated rings. The van der Waals surface area contributed by atoms with Crippen LogP contribution in [0.3, 0.4) is 0 Å². The summed E-state index contributed by atoms with van der Waals surface area (Å²) < 4.78 is 37.9. The van der Waals surface area contributed by atoms with E-state index in [1.807, 2.05) is 0 Å². The third kappa shape index (κ3) is 3.16. The first-order valence-corrected chi connectivity index (χ1v) is 5.91. The Morgan fingerprint density at radius 3 is 2.32 bits per heavy atom. The molecule has 7 heteroatoms. The van der Waals surface area contributed by atoms with Gasteiger partial charge in [0.2, 0.25) is 5.28 Å². The van der Waals surface area contributed by atoms with Gasteiger partial charge in [-0.25, -0.2) is 9.97 Å². The van der Waals surface area contributed by atoms with Crippen LogP contribution in [0.2, 0.25) is 10.3 Å². The first-order chi connectivity index (χ1) is 8.77. The van der Waals surface area contributed by atoms with Crippen LogP contribution >= 0.6 is 23.2 Å². The highest BCUT2D eigenvalue weighted by Gasteiger charge is 2.33. The predicted octanol–water partition coefficient (Wildman–Crippen LogP) is 4.78. The Hall–Kier alpha value is -1.33. The molecule has 0 N–H and O–H groups in total. The summed E-state index contributed by atoms with van der Waals surface area (Å²) in [4.78, 5) is 6.97. The summed E-state index contributed by atoms with van der Waals surface area (Å²) in [6, 6.07) is 5.67. The van der Waals surface area contributed by atoms with Gasteiger partial charge in [0, 0.05) is 10.6 Å². The molecule has 1 aromatic heterocycles. The van der Waals surface area contributed by atoms with E-state index in [1.54, 1.807) is 25.1 Å². The molecule has 0 bridgehead atoms. The third-order valence-corrected chi connectivity index (χ3v) is 3.04. The van der Waals surface area contributed by atoms with Gasteiger partial charge in [0.15, 0.2) is 0 Å². The van der Waals surface area contributed by atoms with Crippen LogP contribution in [-0.2, 0) is 6.18 Å².